The molecule has 9 nitrogen and oxygen atoms in total. The monoisotopic (exact) mass is 319 g/mol. The zero-order valence-electron chi connectivity index (χ0n) is 13.0. The van der Waals surface area contributed by atoms with Gasteiger partial charge in [-0.15, -0.1) is 0 Å². The molecule has 0 saturated heterocycles. The van der Waals surface area contributed by atoms with E-state index in [1.54, 1.807) is 26.4 Å². The molecule has 0 fully saturated rings. The number of aromatic nitrogens is 3. The van der Waals surface area contributed by atoms with Crippen molar-refractivity contribution in [2.45, 2.75) is 6.92 Å². The Balaban J connectivity index is 2.22. The van der Waals surface area contributed by atoms with Gasteiger partial charge in [0.15, 0.2) is 17.3 Å². The van der Waals surface area contributed by atoms with E-state index in [4.69, 9.17) is 14.2 Å². The first-order valence-corrected chi connectivity index (χ1v) is 6.77. The lowest BCUT2D eigenvalue weighted by molar-refractivity contribution is 0.288. The van der Waals surface area contributed by atoms with E-state index in [9.17, 15) is 4.79 Å². The molecule has 0 saturated carbocycles. The summed E-state index contributed by atoms with van der Waals surface area (Å²) in [5.74, 6) is 1.82. The number of H-pyrrole nitrogens is 1. The van der Waals surface area contributed by atoms with Crippen LogP contribution in [0.3, 0.4) is 0 Å². The summed E-state index contributed by atoms with van der Waals surface area (Å²) in [7, 11) is 3.09. The Morgan fingerprint density at radius 3 is 2.57 bits per heavy atom. The van der Waals surface area contributed by atoms with Gasteiger partial charge in [0.1, 0.15) is 0 Å². The number of hydrogen-bond acceptors (Lipinski definition) is 8. The highest BCUT2D eigenvalue weighted by Gasteiger charge is 2.13. The van der Waals surface area contributed by atoms with Crippen molar-refractivity contribution >= 4 is 12.0 Å². The summed E-state index contributed by atoms with van der Waals surface area (Å²) in [6.45, 7) is 2.36. The Morgan fingerprint density at radius 2 is 2.00 bits per heavy atom. The molecule has 1 heterocycles. The van der Waals surface area contributed by atoms with Crippen LogP contribution < -0.4 is 25.3 Å². The Kier molecular flexibility index (Phi) is 5.50. The number of anilines is 1. The Hall–Kier alpha value is -3.10. The molecule has 0 spiro atoms. The molecule has 0 atom stereocenters. The van der Waals surface area contributed by atoms with Crippen molar-refractivity contribution in [2.24, 2.45) is 5.10 Å². The molecular weight excluding hydrogens is 302 g/mol. The standard InChI is InChI=1S/C14H17N5O4/c1-4-23-13-10(21-2)5-9(6-11(13)22-3)7-15-18-12-8-16-19-14(20)17-12/h5-8H,4H2,1-3H3,(H2,17,18,19,20)/b15-7+. The third-order valence-corrected chi connectivity index (χ3v) is 2.73. The van der Waals surface area contributed by atoms with Crippen LogP contribution in [-0.4, -0.2) is 42.2 Å². The lowest BCUT2D eigenvalue weighted by Gasteiger charge is -2.14. The van der Waals surface area contributed by atoms with E-state index in [0.29, 0.717) is 29.4 Å². The molecule has 0 bridgehead atoms. The Morgan fingerprint density at radius 1 is 1.30 bits per heavy atom. The predicted octanol–water partition coefficient (Wildman–Crippen LogP) is 1.03. The van der Waals surface area contributed by atoms with Crippen LogP contribution >= 0.6 is 0 Å². The highest BCUT2D eigenvalue weighted by atomic mass is 16.5. The smallest absolute Gasteiger partial charge is 0.363 e. The zero-order chi connectivity index (χ0) is 16.7. The van der Waals surface area contributed by atoms with E-state index in [1.807, 2.05) is 6.92 Å². The zero-order valence-corrected chi connectivity index (χ0v) is 13.0. The minimum Gasteiger partial charge on any atom is -0.493 e. The number of hydrazone groups is 1. The second-order valence-corrected chi connectivity index (χ2v) is 4.23. The lowest BCUT2D eigenvalue weighted by Crippen LogP contribution is -2.13. The van der Waals surface area contributed by atoms with Crippen LogP contribution in [0.25, 0.3) is 0 Å². The van der Waals surface area contributed by atoms with Crippen molar-refractivity contribution in [1.82, 2.24) is 15.2 Å². The van der Waals surface area contributed by atoms with Crippen molar-refractivity contribution in [3.8, 4) is 17.2 Å². The van der Waals surface area contributed by atoms with Gasteiger partial charge in [0, 0.05) is 5.56 Å². The van der Waals surface area contributed by atoms with Crippen LogP contribution in [0.2, 0.25) is 0 Å². The molecule has 9 heteroatoms. The molecule has 0 aliphatic carbocycles. The van der Waals surface area contributed by atoms with E-state index in [2.05, 4.69) is 25.7 Å². The summed E-state index contributed by atoms with van der Waals surface area (Å²) >= 11 is 0. The van der Waals surface area contributed by atoms with E-state index >= 15 is 0 Å². The number of nitrogens with zero attached hydrogens (tertiary/aromatic N) is 3. The summed E-state index contributed by atoms with van der Waals surface area (Å²) in [5.41, 5.74) is 2.77. The molecule has 2 aromatic rings. The fourth-order valence-electron chi connectivity index (χ4n) is 1.80. The fourth-order valence-corrected chi connectivity index (χ4v) is 1.80. The number of ether oxygens (including phenoxy) is 3. The van der Waals surface area contributed by atoms with Crippen LogP contribution in [-0.2, 0) is 0 Å². The molecule has 1 aromatic heterocycles. The van der Waals surface area contributed by atoms with Crippen molar-refractivity contribution < 1.29 is 14.2 Å². The Bertz CT molecular complexity index is 719. The second-order valence-electron chi connectivity index (χ2n) is 4.23. The van der Waals surface area contributed by atoms with Gasteiger partial charge < -0.3 is 14.2 Å². The average molecular weight is 319 g/mol. The van der Waals surface area contributed by atoms with Gasteiger partial charge in [-0.05, 0) is 19.1 Å². The summed E-state index contributed by atoms with van der Waals surface area (Å²) in [6.07, 6.45) is 2.88. The maximum Gasteiger partial charge on any atom is 0.363 e. The normalized spacial score (nSPS) is 10.6. The molecule has 0 amide bonds. The molecular formula is C14H17N5O4. The number of nitrogens with one attached hydrogen (secondary N) is 2. The summed E-state index contributed by atoms with van der Waals surface area (Å²) in [5, 5.41) is 9.77. The first-order chi connectivity index (χ1) is 11.2. The van der Waals surface area contributed by atoms with Crippen molar-refractivity contribution in [1.29, 1.82) is 0 Å². The topological polar surface area (TPSA) is 111 Å². The molecule has 0 unspecified atom stereocenters. The van der Waals surface area contributed by atoms with Crippen LogP contribution in [0.5, 0.6) is 17.2 Å². The summed E-state index contributed by atoms with van der Waals surface area (Å²) < 4.78 is 16.1. The van der Waals surface area contributed by atoms with Crippen molar-refractivity contribution in [3.63, 3.8) is 0 Å². The van der Waals surface area contributed by atoms with Crippen LogP contribution in [0.15, 0.2) is 28.2 Å². The van der Waals surface area contributed by atoms with Gasteiger partial charge in [-0.2, -0.15) is 15.2 Å². The van der Waals surface area contributed by atoms with E-state index < -0.39 is 5.69 Å². The maximum atomic E-state index is 11.0. The molecule has 1 aromatic carbocycles. The lowest BCUT2D eigenvalue weighted by atomic mass is 10.2. The molecule has 0 aliphatic rings. The summed E-state index contributed by atoms with van der Waals surface area (Å²) in [6, 6.07) is 3.50. The SMILES string of the molecule is CCOc1c(OC)cc(/C=N/Nc2cn[nH]c(=O)n2)cc1OC. The fraction of sp³-hybridized carbons (Fsp3) is 0.286. The predicted molar refractivity (Wildman–Crippen MR) is 84.6 cm³/mol. The Labute approximate surface area is 132 Å². The molecule has 122 valence electrons. The first kappa shape index (κ1) is 16.3. The number of methoxy groups -OCH3 is 2. The molecule has 2 N–H and O–H groups in total. The number of benzene rings is 1. The van der Waals surface area contributed by atoms with Gasteiger partial charge in [-0.3, -0.25) is 5.43 Å². The third kappa shape index (κ3) is 4.19. The van der Waals surface area contributed by atoms with Gasteiger partial charge >= 0.3 is 5.69 Å². The van der Waals surface area contributed by atoms with Gasteiger partial charge in [0.05, 0.1) is 33.2 Å². The molecule has 0 radical (unpaired) electrons. The quantitative estimate of drug-likeness (QED) is 0.579. The van der Waals surface area contributed by atoms with Gasteiger partial charge in [-0.1, -0.05) is 0 Å². The maximum absolute atomic E-state index is 11.0. The molecule has 23 heavy (non-hydrogen) atoms. The van der Waals surface area contributed by atoms with E-state index in [-0.39, 0.29) is 5.82 Å². The minimum absolute atomic E-state index is 0.231. The van der Waals surface area contributed by atoms with Crippen LogP contribution in [0.1, 0.15) is 12.5 Å². The van der Waals surface area contributed by atoms with E-state index in [0.717, 1.165) is 0 Å². The highest BCUT2D eigenvalue weighted by Crippen LogP contribution is 2.38. The first-order valence-electron chi connectivity index (χ1n) is 6.77. The largest absolute Gasteiger partial charge is 0.493 e. The number of hydrogen-bond donors (Lipinski definition) is 2. The van der Waals surface area contributed by atoms with Gasteiger partial charge in [0.25, 0.3) is 0 Å². The molecule has 2 rings (SSSR count). The van der Waals surface area contributed by atoms with E-state index in [1.165, 1.54) is 12.4 Å². The summed E-state index contributed by atoms with van der Waals surface area (Å²) in [4.78, 5) is 14.7. The van der Waals surface area contributed by atoms with Gasteiger partial charge in [-0.25, -0.2) is 9.89 Å². The van der Waals surface area contributed by atoms with Crippen LogP contribution in [0.4, 0.5) is 5.82 Å². The third-order valence-electron chi connectivity index (χ3n) is 2.73. The average Bonchev–Trinajstić information content (AvgIpc) is 2.56. The van der Waals surface area contributed by atoms with Gasteiger partial charge in [0.2, 0.25) is 5.75 Å². The number of aromatic amines is 1. The highest BCUT2D eigenvalue weighted by molar-refractivity contribution is 5.82. The second kappa shape index (κ2) is 7.78. The molecule has 0 aliphatic heterocycles. The number of rotatable bonds is 7. The van der Waals surface area contributed by atoms with Crippen molar-refractivity contribution in [3.05, 3.63) is 34.4 Å². The minimum atomic E-state index is -0.561. The van der Waals surface area contributed by atoms with Crippen LogP contribution in [0, 0.1) is 0 Å². The van der Waals surface area contributed by atoms with Crippen molar-refractivity contribution in [2.75, 3.05) is 26.3 Å².